The van der Waals surface area contributed by atoms with E-state index in [1.807, 2.05) is 17.0 Å². The summed E-state index contributed by atoms with van der Waals surface area (Å²) in [7, 11) is 0. The summed E-state index contributed by atoms with van der Waals surface area (Å²) in [6, 6.07) is 3.64. The Bertz CT molecular complexity index is 422. The molecule has 1 aliphatic heterocycles. The standard InChI is InChI=1S/C14H19BrN2O/c1-3-14(2)6-8-17(9-7-14)13(18)11-4-5-12(15)16-10-11/h4-5,10H,3,6-9H2,1-2H3. The number of amides is 1. The number of likely N-dealkylation sites (tertiary alicyclic amines) is 1. The number of nitrogens with zero attached hydrogens (tertiary/aromatic N) is 2. The minimum Gasteiger partial charge on any atom is -0.339 e. The molecule has 0 saturated carbocycles. The lowest BCUT2D eigenvalue weighted by Gasteiger charge is -2.38. The van der Waals surface area contributed by atoms with Gasteiger partial charge in [0.2, 0.25) is 0 Å². The molecule has 1 aliphatic rings. The van der Waals surface area contributed by atoms with Crippen LogP contribution in [0.4, 0.5) is 0 Å². The molecule has 2 heterocycles. The molecule has 4 heteroatoms. The van der Waals surface area contributed by atoms with Crippen molar-refractivity contribution >= 4 is 21.8 Å². The zero-order valence-corrected chi connectivity index (χ0v) is 12.5. The van der Waals surface area contributed by atoms with E-state index in [1.54, 1.807) is 6.20 Å². The van der Waals surface area contributed by atoms with E-state index in [2.05, 4.69) is 34.8 Å². The minimum atomic E-state index is 0.105. The van der Waals surface area contributed by atoms with E-state index in [4.69, 9.17) is 0 Å². The molecular formula is C14H19BrN2O. The van der Waals surface area contributed by atoms with Gasteiger partial charge in [0.05, 0.1) is 5.56 Å². The topological polar surface area (TPSA) is 33.2 Å². The van der Waals surface area contributed by atoms with Crippen LogP contribution < -0.4 is 0 Å². The first-order chi connectivity index (χ1) is 8.54. The molecule has 3 nitrogen and oxygen atoms in total. The number of hydrogen-bond acceptors (Lipinski definition) is 2. The third-order valence-electron chi connectivity index (χ3n) is 4.09. The van der Waals surface area contributed by atoms with Crippen molar-refractivity contribution in [1.29, 1.82) is 0 Å². The average molecular weight is 311 g/mol. The first kappa shape index (κ1) is 13.5. The number of piperidine rings is 1. The Hall–Kier alpha value is -0.900. The summed E-state index contributed by atoms with van der Waals surface area (Å²) in [4.78, 5) is 18.3. The van der Waals surface area contributed by atoms with Gasteiger partial charge in [-0.1, -0.05) is 20.3 Å². The highest BCUT2D eigenvalue weighted by Gasteiger charge is 2.30. The van der Waals surface area contributed by atoms with E-state index < -0.39 is 0 Å². The van der Waals surface area contributed by atoms with E-state index in [9.17, 15) is 4.79 Å². The lowest BCUT2D eigenvalue weighted by Crippen LogP contribution is -2.41. The molecule has 98 valence electrons. The molecule has 0 atom stereocenters. The predicted molar refractivity (Wildman–Crippen MR) is 75.5 cm³/mol. The number of carbonyl (C=O) groups excluding carboxylic acids is 1. The SMILES string of the molecule is CCC1(C)CCN(C(=O)c2ccc(Br)nc2)CC1. The van der Waals surface area contributed by atoms with Crippen LogP contribution in [0.3, 0.4) is 0 Å². The van der Waals surface area contributed by atoms with Crippen LogP contribution >= 0.6 is 15.9 Å². The van der Waals surface area contributed by atoms with Gasteiger partial charge in [0.25, 0.3) is 5.91 Å². The van der Waals surface area contributed by atoms with Gasteiger partial charge in [-0.2, -0.15) is 0 Å². The Labute approximate surface area is 117 Å². The zero-order valence-electron chi connectivity index (χ0n) is 10.9. The van der Waals surface area contributed by atoms with Gasteiger partial charge >= 0.3 is 0 Å². The molecule has 1 fully saturated rings. The van der Waals surface area contributed by atoms with E-state index >= 15 is 0 Å². The molecular weight excluding hydrogens is 292 g/mol. The Morgan fingerprint density at radius 1 is 1.44 bits per heavy atom. The monoisotopic (exact) mass is 310 g/mol. The van der Waals surface area contributed by atoms with Crippen LogP contribution in [0.2, 0.25) is 0 Å². The summed E-state index contributed by atoms with van der Waals surface area (Å²) in [5.41, 5.74) is 1.09. The molecule has 0 radical (unpaired) electrons. The molecule has 0 aliphatic carbocycles. The van der Waals surface area contributed by atoms with Crippen molar-refractivity contribution in [2.24, 2.45) is 5.41 Å². The number of carbonyl (C=O) groups is 1. The number of rotatable bonds is 2. The van der Waals surface area contributed by atoms with E-state index in [1.165, 1.54) is 6.42 Å². The molecule has 0 N–H and O–H groups in total. The van der Waals surface area contributed by atoms with E-state index in [0.29, 0.717) is 11.0 Å². The van der Waals surface area contributed by atoms with Crippen molar-refractivity contribution in [2.45, 2.75) is 33.1 Å². The van der Waals surface area contributed by atoms with Crippen molar-refractivity contribution in [3.05, 3.63) is 28.5 Å². The maximum atomic E-state index is 12.3. The van der Waals surface area contributed by atoms with Crippen LogP contribution in [0, 0.1) is 5.41 Å². The molecule has 1 amide bonds. The van der Waals surface area contributed by atoms with Gasteiger partial charge in [-0.25, -0.2) is 4.98 Å². The van der Waals surface area contributed by atoms with Gasteiger partial charge < -0.3 is 4.90 Å². The second-order valence-electron chi connectivity index (χ2n) is 5.33. The Balaban J connectivity index is 2.01. The van der Waals surface area contributed by atoms with Crippen molar-refractivity contribution in [3.8, 4) is 0 Å². The molecule has 0 spiro atoms. The smallest absolute Gasteiger partial charge is 0.255 e. The highest BCUT2D eigenvalue weighted by atomic mass is 79.9. The molecule has 1 aromatic rings. The molecule has 18 heavy (non-hydrogen) atoms. The Morgan fingerprint density at radius 2 is 2.11 bits per heavy atom. The molecule has 0 aromatic carbocycles. The van der Waals surface area contributed by atoms with Crippen molar-refractivity contribution in [1.82, 2.24) is 9.88 Å². The quantitative estimate of drug-likeness (QED) is 0.783. The summed E-state index contributed by atoms with van der Waals surface area (Å²) >= 11 is 3.28. The Morgan fingerprint density at radius 3 is 2.61 bits per heavy atom. The van der Waals surface area contributed by atoms with E-state index in [-0.39, 0.29) is 5.91 Å². The third kappa shape index (κ3) is 2.91. The maximum absolute atomic E-state index is 12.3. The minimum absolute atomic E-state index is 0.105. The van der Waals surface area contributed by atoms with Crippen LogP contribution in [-0.4, -0.2) is 28.9 Å². The van der Waals surface area contributed by atoms with Gasteiger partial charge in [0, 0.05) is 19.3 Å². The molecule has 1 aromatic heterocycles. The van der Waals surface area contributed by atoms with Crippen LogP contribution in [0.5, 0.6) is 0 Å². The largest absolute Gasteiger partial charge is 0.339 e. The summed E-state index contributed by atoms with van der Waals surface area (Å²) in [6.07, 6.45) is 5.02. The highest BCUT2D eigenvalue weighted by Crippen LogP contribution is 2.34. The summed E-state index contributed by atoms with van der Waals surface area (Å²) < 4.78 is 0.760. The fourth-order valence-electron chi connectivity index (χ4n) is 2.29. The fourth-order valence-corrected chi connectivity index (χ4v) is 2.52. The van der Waals surface area contributed by atoms with Crippen LogP contribution in [0.25, 0.3) is 0 Å². The van der Waals surface area contributed by atoms with Crippen molar-refractivity contribution in [2.75, 3.05) is 13.1 Å². The molecule has 2 rings (SSSR count). The number of hydrogen-bond donors (Lipinski definition) is 0. The summed E-state index contributed by atoms with van der Waals surface area (Å²) in [5, 5.41) is 0. The van der Waals surface area contributed by atoms with Gasteiger partial charge in [-0.05, 0) is 46.3 Å². The maximum Gasteiger partial charge on any atom is 0.255 e. The first-order valence-corrected chi connectivity index (χ1v) is 7.24. The second kappa shape index (κ2) is 5.39. The normalized spacial score (nSPS) is 18.7. The first-order valence-electron chi connectivity index (χ1n) is 6.45. The second-order valence-corrected chi connectivity index (χ2v) is 6.14. The van der Waals surface area contributed by atoms with Gasteiger partial charge in [-0.3, -0.25) is 4.79 Å². The number of pyridine rings is 1. The van der Waals surface area contributed by atoms with Gasteiger partial charge in [0.15, 0.2) is 0 Å². The number of aromatic nitrogens is 1. The van der Waals surface area contributed by atoms with Crippen molar-refractivity contribution < 1.29 is 4.79 Å². The van der Waals surface area contributed by atoms with Crippen LogP contribution in [0.15, 0.2) is 22.9 Å². The van der Waals surface area contributed by atoms with Gasteiger partial charge in [0.1, 0.15) is 4.60 Å². The van der Waals surface area contributed by atoms with Crippen molar-refractivity contribution in [3.63, 3.8) is 0 Å². The zero-order chi connectivity index (χ0) is 13.2. The summed E-state index contributed by atoms with van der Waals surface area (Å²) in [5.74, 6) is 0.105. The lowest BCUT2D eigenvalue weighted by molar-refractivity contribution is 0.0600. The van der Waals surface area contributed by atoms with Crippen LogP contribution in [-0.2, 0) is 0 Å². The molecule has 1 saturated heterocycles. The van der Waals surface area contributed by atoms with Crippen LogP contribution in [0.1, 0.15) is 43.5 Å². The molecule has 0 bridgehead atoms. The highest BCUT2D eigenvalue weighted by molar-refractivity contribution is 9.10. The number of halogens is 1. The van der Waals surface area contributed by atoms with Gasteiger partial charge in [-0.15, -0.1) is 0 Å². The summed E-state index contributed by atoms with van der Waals surface area (Å²) in [6.45, 7) is 6.27. The lowest BCUT2D eigenvalue weighted by atomic mass is 9.78. The average Bonchev–Trinajstić information content (AvgIpc) is 2.40. The predicted octanol–water partition coefficient (Wildman–Crippen LogP) is 3.50. The Kier molecular flexibility index (Phi) is 4.05. The molecule has 0 unspecified atom stereocenters. The third-order valence-corrected chi connectivity index (χ3v) is 4.55. The fraction of sp³-hybridized carbons (Fsp3) is 0.571. The van der Waals surface area contributed by atoms with E-state index in [0.717, 1.165) is 30.5 Å².